The molecule has 0 atom stereocenters. The molecule has 1 N–H and O–H groups in total. The topological polar surface area (TPSA) is 73.9 Å². The fraction of sp³-hybridized carbons (Fsp3) is 0.222. The lowest BCUT2D eigenvalue weighted by atomic mass is 10.2. The van der Waals surface area contributed by atoms with Gasteiger partial charge in [0.25, 0.3) is 5.91 Å². The molecule has 2 aromatic rings. The van der Waals surface area contributed by atoms with E-state index in [2.05, 4.69) is 5.32 Å². The number of carbonyl (C=O) groups is 2. The molecule has 0 saturated carbocycles. The fourth-order valence-electron chi connectivity index (χ4n) is 1.99. The molecule has 0 unspecified atom stereocenters. The highest BCUT2D eigenvalue weighted by molar-refractivity contribution is 6.32. The van der Waals surface area contributed by atoms with Gasteiger partial charge in [-0.15, -0.1) is 0 Å². The van der Waals surface area contributed by atoms with Crippen LogP contribution in [0.3, 0.4) is 0 Å². The number of ether oxygens (including phenoxy) is 3. The summed E-state index contributed by atoms with van der Waals surface area (Å²) in [6.45, 7) is 1.85. The van der Waals surface area contributed by atoms with E-state index in [0.29, 0.717) is 34.4 Å². The lowest BCUT2D eigenvalue weighted by Gasteiger charge is -2.09. The number of nitrogens with one attached hydrogen (secondary N) is 1. The van der Waals surface area contributed by atoms with Crippen molar-refractivity contribution in [1.29, 1.82) is 0 Å². The third-order valence-corrected chi connectivity index (χ3v) is 3.48. The molecule has 0 aliphatic rings. The first kappa shape index (κ1) is 18.6. The SMILES string of the molecule is CCOC(=O)COc1ccc(C(=O)Nc2ccc(OC)c(Cl)c2)cc1. The molecule has 0 aliphatic carbocycles. The summed E-state index contributed by atoms with van der Waals surface area (Å²) in [4.78, 5) is 23.5. The maximum atomic E-state index is 12.2. The molecule has 1 amide bonds. The third-order valence-electron chi connectivity index (χ3n) is 3.19. The first-order valence-corrected chi connectivity index (χ1v) is 7.94. The van der Waals surface area contributed by atoms with Crippen LogP contribution in [0.25, 0.3) is 0 Å². The zero-order valence-corrected chi connectivity index (χ0v) is 14.6. The number of esters is 1. The van der Waals surface area contributed by atoms with Crippen molar-refractivity contribution in [2.45, 2.75) is 6.92 Å². The van der Waals surface area contributed by atoms with Crippen LogP contribution in [0.4, 0.5) is 5.69 Å². The molecule has 0 bridgehead atoms. The van der Waals surface area contributed by atoms with E-state index in [1.165, 1.54) is 7.11 Å². The van der Waals surface area contributed by atoms with Gasteiger partial charge in [-0.1, -0.05) is 11.6 Å². The van der Waals surface area contributed by atoms with Gasteiger partial charge in [-0.2, -0.15) is 0 Å². The molecule has 2 rings (SSSR count). The van der Waals surface area contributed by atoms with Gasteiger partial charge in [-0.25, -0.2) is 4.79 Å². The molecule has 7 heteroatoms. The fourth-order valence-corrected chi connectivity index (χ4v) is 2.25. The van der Waals surface area contributed by atoms with Gasteiger partial charge in [0.15, 0.2) is 6.61 Å². The summed E-state index contributed by atoms with van der Waals surface area (Å²) in [7, 11) is 1.52. The minimum atomic E-state index is -0.444. The Morgan fingerprint density at radius 3 is 2.44 bits per heavy atom. The predicted molar refractivity (Wildman–Crippen MR) is 94.5 cm³/mol. The maximum absolute atomic E-state index is 12.2. The van der Waals surface area contributed by atoms with E-state index in [-0.39, 0.29) is 12.5 Å². The quantitative estimate of drug-likeness (QED) is 0.761. The van der Waals surface area contributed by atoms with Crippen LogP contribution in [0, 0.1) is 0 Å². The van der Waals surface area contributed by atoms with E-state index in [1.54, 1.807) is 49.4 Å². The van der Waals surface area contributed by atoms with E-state index >= 15 is 0 Å². The number of hydrogen-bond acceptors (Lipinski definition) is 5. The zero-order valence-electron chi connectivity index (χ0n) is 13.9. The molecule has 132 valence electrons. The summed E-state index contributed by atoms with van der Waals surface area (Å²) in [5, 5.41) is 3.15. The smallest absolute Gasteiger partial charge is 0.344 e. The predicted octanol–water partition coefficient (Wildman–Crippen LogP) is 3.54. The molecule has 0 fully saturated rings. The summed E-state index contributed by atoms with van der Waals surface area (Å²) in [6.07, 6.45) is 0. The van der Waals surface area contributed by atoms with Gasteiger partial charge in [-0.05, 0) is 49.4 Å². The first-order valence-electron chi connectivity index (χ1n) is 7.57. The summed E-state index contributed by atoms with van der Waals surface area (Å²) < 4.78 is 15.1. The number of amides is 1. The average Bonchev–Trinajstić information content (AvgIpc) is 2.61. The van der Waals surface area contributed by atoms with Crippen LogP contribution in [-0.2, 0) is 9.53 Å². The van der Waals surface area contributed by atoms with E-state index in [9.17, 15) is 9.59 Å². The Morgan fingerprint density at radius 1 is 1.12 bits per heavy atom. The molecule has 0 saturated heterocycles. The van der Waals surface area contributed by atoms with Crippen LogP contribution in [-0.4, -0.2) is 32.2 Å². The van der Waals surface area contributed by atoms with Gasteiger partial charge < -0.3 is 19.5 Å². The molecular formula is C18H18ClNO5. The Balaban J connectivity index is 1.96. The molecule has 6 nitrogen and oxygen atoms in total. The molecule has 0 spiro atoms. The Morgan fingerprint density at radius 2 is 1.84 bits per heavy atom. The van der Waals surface area contributed by atoms with Gasteiger partial charge in [0.05, 0.1) is 18.7 Å². The van der Waals surface area contributed by atoms with E-state index in [0.717, 1.165) is 0 Å². The molecule has 0 aliphatic heterocycles. The number of hydrogen-bond donors (Lipinski definition) is 1. The Labute approximate surface area is 150 Å². The first-order chi connectivity index (χ1) is 12.0. The minimum absolute atomic E-state index is 0.177. The highest BCUT2D eigenvalue weighted by Gasteiger charge is 2.09. The lowest BCUT2D eigenvalue weighted by molar-refractivity contribution is -0.145. The summed E-state index contributed by atoms with van der Waals surface area (Å²) in [5.41, 5.74) is 0.994. The number of benzene rings is 2. The summed E-state index contributed by atoms with van der Waals surface area (Å²) in [5.74, 6) is 0.263. The second kappa shape index (κ2) is 8.94. The normalized spacial score (nSPS) is 10.0. The van der Waals surface area contributed by atoms with E-state index < -0.39 is 5.97 Å². The number of methoxy groups -OCH3 is 1. The number of halogens is 1. The molecule has 0 aromatic heterocycles. The zero-order chi connectivity index (χ0) is 18.2. The van der Waals surface area contributed by atoms with Crippen LogP contribution in [0.2, 0.25) is 5.02 Å². The van der Waals surface area contributed by atoms with Crippen molar-refractivity contribution in [3.63, 3.8) is 0 Å². The van der Waals surface area contributed by atoms with Crippen molar-refractivity contribution in [1.82, 2.24) is 0 Å². The Kier molecular flexibility index (Phi) is 6.65. The van der Waals surface area contributed by atoms with Gasteiger partial charge in [0, 0.05) is 11.3 Å². The van der Waals surface area contributed by atoms with Crippen LogP contribution >= 0.6 is 11.6 Å². The Bertz CT molecular complexity index is 746. The Hall–Kier alpha value is -2.73. The molecule has 0 heterocycles. The number of anilines is 1. The molecule has 25 heavy (non-hydrogen) atoms. The van der Waals surface area contributed by atoms with Crippen molar-refractivity contribution in [3.05, 3.63) is 53.1 Å². The second-order valence-electron chi connectivity index (χ2n) is 4.92. The largest absolute Gasteiger partial charge is 0.495 e. The van der Waals surface area contributed by atoms with Crippen LogP contribution in [0.1, 0.15) is 17.3 Å². The number of rotatable bonds is 7. The molecule has 0 radical (unpaired) electrons. The van der Waals surface area contributed by atoms with Crippen molar-refractivity contribution in [3.8, 4) is 11.5 Å². The molecule has 2 aromatic carbocycles. The van der Waals surface area contributed by atoms with Crippen molar-refractivity contribution in [2.24, 2.45) is 0 Å². The van der Waals surface area contributed by atoms with Gasteiger partial charge in [0.2, 0.25) is 0 Å². The lowest BCUT2D eigenvalue weighted by Crippen LogP contribution is -2.15. The van der Waals surface area contributed by atoms with Gasteiger partial charge >= 0.3 is 5.97 Å². The summed E-state index contributed by atoms with van der Waals surface area (Å²) >= 11 is 6.03. The maximum Gasteiger partial charge on any atom is 0.344 e. The van der Waals surface area contributed by atoms with Crippen molar-refractivity contribution in [2.75, 3.05) is 25.6 Å². The number of carbonyl (C=O) groups excluding carboxylic acids is 2. The van der Waals surface area contributed by atoms with Gasteiger partial charge in [-0.3, -0.25) is 4.79 Å². The molecular weight excluding hydrogens is 346 g/mol. The van der Waals surface area contributed by atoms with Crippen LogP contribution in [0.15, 0.2) is 42.5 Å². The minimum Gasteiger partial charge on any atom is -0.495 e. The van der Waals surface area contributed by atoms with E-state index in [4.69, 9.17) is 25.8 Å². The highest BCUT2D eigenvalue weighted by atomic mass is 35.5. The standard InChI is InChI=1S/C18H18ClNO5/c1-3-24-17(21)11-25-14-7-4-12(5-8-14)18(22)20-13-6-9-16(23-2)15(19)10-13/h4-10H,3,11H2,1-2H3,(H,20,22). The van der Waals surface area contributed by atoms with E-state index in [1.807, 2.05) is 0 Å². The van der Waals surface area contributed by atoms with Crippen molar-refractivity contribution < 1.29 is 23.8 Å². The summed E-state index contributed by atoms with van der Waals surface area (Å²) in [6, 6.07) is 11.4. The van der Waals surface area contributed by atoms with Gasteiger partial charge in [0.1, 0.15) is 11.5 Å². The third kappa shape index (κ3) is 5.39. The second-order valence-corrected chi connectivity index (χ2v) is 5.33. The highest BCUT2D eigenvalue weighted by Crippen LogP contribution is 2.27. The van der Waals surface area contributed by atoms with Crippen LogP contribution in [0.5, 0.6) is 11.5 Å². The van der Waals surface area contributed by atoms with Crippen LogP contribution < -0.4 is 14.8 Å². The van der Waals surface area contributed by atoms with Crippen molar-refractivity contribution >= 4 is 29.2 Å². The average molecular weight is 364 g/mol. The monoisotopic (exact) mass is 363 g/mol.